The summed E-state index contributed by atoms with van der Waals surface area (Å²) in [6.45, 7) is 6.10. The molecule has 0 spiro atoms. The van der Waals surface area contributed by atoms with Crippen molar-refractivity contribution < 1.29 is 19.5 Å². The molecule has 104 valence electrons. The number of aromatic nitrogens is 1. The molecule has 1 unspecified atom stereocenters. The molecule has 2 heterocycles. The Labute approximate surface area is 113 Å². The zero-order valence-electron chi connectivity index (χ0n) is 11.0. The third kappa shape index (κ3) is 4.17. The second-order valence-corrected chi connectivity index (χ2v) is 4.52. The van der Waals surface area contributed by atoms with E-state index in [1.54, 1.807) is 12.3 Å². The van der Waals surface area contributed by atoms with Gasteiger partial charge in [-0.15, -0.1) is 0 Å². The summed E-state index contributed by atoms with van der Waals surface area (Å²) in [4.78, 5) is 6.21. The number of hydrogen-bond donors (Lipinski definition) is 2. The molecule has 2 rings (SSSR count). The molecule has 0 radical (unpaired) electrons. The van der Waals surface area contributed by atoms with Gasteiger partial charge < -0.3 is 19.5 Å². The molecular formula is C12H19BN2O4. The Morgan fingerprint density at radius 2 is 2.37 bits per heavy atom. The first-order valence-corrected chi connectivity index (χ1v) is 6.47. The minimum absolute atomic E-state index is 0.0383. The summed E-state index contributed by atoms with van der Waals surface area (Å²) in [5.74, 6) is 0.517. The van der Waals surface area contributed by atoms with E-state index in [1.165, 1.54) is 6.20 Å². The van der Waals surface area contributed by atoms with Crippen LogP contribution in [0.5, 0.6) is 5.75 Å². The molecule has 1 aliphatic rings. The average molecular weight is 266 g/mol. The van der Waals surface area contributed by atoms with Crippen molar-refractivity contribution in [3.05, 3.63) is 18.5 Å². The molecule has 0 bridgehead atoms. The van der Waals surface area contributed by atoms with Gasteiger partial charge in [-0.25, -0.2) is 0 Å². The molecule has 1 aliphatic heterocycles. The minimum Gasteiger partial charge on any atom is -0.489 e. The van der Waals surface area contributed by atoms with Crippen molar-refractivity contribution in [1.29, 1.82) is 0 Å². The summed E-state index contributed by atoms with van der Waals surface area (Å²) in [7, 11) is -1.53. The maximum absolute atomic E-state index is 9.06. The van der Waals surface area contributed by atoms with Crippen molar-refractivity contribution in [2.24, 2.45) is 0 Å². The summed E-state index contributed by atoms with van der Waals surface area (Å²) in [5, 5.41) is 18.1. The fraction of sp³-hybridized carbons (Fsp3) is 0.583. The van der Waals surface area contributed by atoms with Crippen molar-refractivity contribution >= 4 is 12.6 Å². The monoisotopic (exact) mass is 266 g/mol. The predicted molar refractivity (Wildman–Crippen MR) is 71.4 cm³/mol. The first kappa shape index (κ1) is 14.3. The summed E-state index contributed by atoms with van der Waals surface area (Å²) in [5.41, 5.74) is 0.317. The predicted octanol–water partition coefficient (Wildman–Crippen LogP) is -1.14. The van der Waals surface area contributed by atoms with Crippen molar-refractivity contribution in [2.45, 2.75) is 13.0 Å². The second-order valence-electron chi connectivity index (χ2n) is 4.52. The van der Waals surface area contributed by atoms with Crippen LogP contribution in [0.3, 0.4) is 0 Å². The Kier molecular flexibility index (Phi) is 5.15. The van der Waals surface area contributed by atoms with Crippen LogP contribution >= 0.6 is 0 Å². The Bertz CT molecular complexity index is 405. The summed E-state index contributed by atoms with van der Waals surface area (Å²) in [6, 6.07) is 1.57. The van der Waals surface area contributed by atoms with Crippen LogP contribution in [0.25, 0.3) is 0 Å². The van der Waals surface area contributed by atoms with Crippen molar-refractivity contribution in [3.63, 3.8) is 0 Å². The maximum atomic E-state index is 9.06. The van der Waals surface area contributed by atoms with E-state index in [2.05, 4.69) is 16.8 Å². The molecule has 0 aromatic carbocycles. The largest absolute Gasteiger partial charge is 0.490 e. The number of ether oxygens (including phenoxy) is 2. The molecule has 1 saturated heterocycles. The zero-order chi connectivity index (χ0) is 13.7. The fourth-order valence-corrected chi connectivity index (χ4v) is 2.01. The van der Waals surface area contributed by atoms with E-state index in [0.717, 1.165) is 26.2 Å². The van der Waals surface area contributed by atoms with Gasteiger partial charge in [0.15, 0.2) is 0 Å². The van der Waals surface area contributed by atoms with E-state index in [0.29, 0.717) is 17.8 Å². The Balaban J connectivity index is 1.86. The number of likely N-dealkylation sites (N-methyl/N-ethyl adjacent to an activating group) is 1. The standard InChI is InChI=1S/C12H19BN2O4/c1-2-15-3-4-18-12(8-15)9-19-11-5-10(13(16)17)6-14-7-11/h5-7,12,16-17H,2-4,8-9H2,1H3. The fourth-order valence-electron chi connectivity index (χ4n) is 2.01. The molecule has 1 fully saturated rings. The van der Waals surface area contributed by atoms with Gasteiger partial charge in [0, 0.05) is 24.7 Å². The van der Waals surface area contributed by atoms with Gasteiger partial charge >= 0.3 is 7.12 Å². The zero-order valence-corrected chi connectivity index (χ0v) is 11.0. The number of hydrogen-bond acceptors (Lipinski definition) is 6. The van der Waals surface area contributed by atoms with Gasteiger partial charge in [-0.1, -0.05) is 6.92 Å². The number of morpholine rings is 1. The highest BCUT2D eigenvalue weighted by molar-refractivity contribution is 6.58. The van der Waals surface area contributed by atoms with E-state index in [9.17, 15) is 0 Å². The van der Waals surface area contributed by atoms with Crippen LogP contribution in [0.2, 0.25) is 0 Å². The van der Waals surface area contributed by atoms with E-state index in [1.807, 2.05) is 0 Å². The molecule has 2 N–H and O–H groups in total. The molecule has 1 atom stereocenters. The van der Waals surface area contributed by atoms with Gasteiger partial charge in [-0.05, 0) is 12.6 Å². The summed E-state index contributed by atoms with van der Waals surface area (Å²) in [6.07, 6.45) is 2.98. The Morgan fingerprint density at radius 1 is 1.53 bits per heavy atom. The lowest BCUT2D eigenvalue weighted by Gasteiger charge is -2.31. The smallest absolute Gasteiger partial charge is 0.489 e. The first-order chi connectivity index (χ1) is 9.19. The Morgan fingerprint density at radius 3 is 3.11 bits per heavy atom. The van der Waals surface area contributed by atoms with E-state index in [-0.39, 0.29) is 6.10 Å². The topological polar surface area (TPSA) is 75.1 Å². The molecule has 0 aliphatic carbocycles. The van der Waals surface area contributed by atoms with Crippen molar-refractivity contribution in [3.8, 4) is 5.75 Å². The number of nitrogens with zero attached hydrogens (tertiary/aromatic N) is 2. The number of rotatable bonds is 5. The van der Waals surface area contributed by atoms with Crippen LogP contribution in [-0.4, -0.2) is 66.0 Å². The minimum atomic E-state index is -1.53. The van der Waals surface area contributed by atoms with Crippen molar-refractivity contribution in [2.75, 3.05) is 32.8 Å². The van der Waals surface area contributed by atoms with Crippen LogP contribution in [0.1, 0.15) is 6.92 Å². The van der Waals surface area contributed by atoms with Crippen LogP contribution < -0.4 is 10.2 Å². The lowest BCUT2D eigenvalue weighted by atomic mass is 9.82. The van der Waals surface area contributed by atoms with Gasteiger partial charge in [-0.2, -0.15) is 0 Å². The van der Waals surface area contributed by atoms with Crippen LogP contribution in [-0.2, 0) is 4.74 Å². The van der Waals surface area contributed by atoms with Gasteiger partial charge in [0.25, 0.3) is 0 Å². The highest BCUT2D eigenvalue weighted by Crippen LogP contribution is 2.10. The molecule has 1 aromatic rings. The Hall–Kier alpha value is -1.15. The van der Waals surface area contributed by atoms with E-state index >= 15 is 0 Å². The molecule has 0 saturated carbocycles. The van der Waals surface area contributed by atoms with E-state index < -0.39 is 7.12 Å². The summed E-state index contributed by atoms with van der Waals surface area (Å²) < 4.78 is 11.2. The second kappa shape index (κ2) is 6.86. The highest BCUT2D eigenvalue weighted by Gasteiger charge is 2.20. The number of pyridine rings is 1. The average Bonchev–Trinajstić information content (AvgIpc) is 2.45. The third-order valence-corrected chi connectivity index (χ3v) is 3.14. The van der Waals surface area contributed by atoms with Crippen molar-refractivity contribution in [1.82, 2.24) is 9.88 Å². The molecule has 19 heavy (non-hydrogen) atoms. The molecular weight excluding hydrogens is 247 g/mol. The first-order valence-electron chi connectivity index (χ1n) is 6.47. The van der Waals surface area contributed by atoms with Crippen LogP contribution in [0.15, 0.2) is 18.5 Å². The third-order valence-electron chi connectivity index (χ3n) is 3.14. The van der Waals surface area contributed by atoms with Gasteiger partial charge in [0.2, 0.25) is 0 Å². The molecule has 1 aromatic heterocycles. The van der Waals surface area contributed by atoms with Crippen LogP contribution in [0, 0.1) is 0 Å². The SMILES string of the molecule is CCN1CCOC(COc2cncc(B(O)O)c2)C1. The molecule has 0 amide bonds. The normalized spacial score (nSPS) is 20.3. The molecule has 7 heteroatoms. The highest BCUT2D eigenvalue weighted by atomic mass is 16.5. The van der Waals surface area contributed by atoms with Gasteiger partial charge in [0.1, 0.15) is 18.5 Å². The lowest BCUT2D eigenvalue weighted by Crippen LogP contribution is -2.44. The lowest BCUT2D eigenvalue weighted by molar-refractivity contribution is -0.0464. The quantitative estimate of drug-likeness (QED) is 0.656. The maximum Gasteiger partial charge on any atom is 0.490 e. The summed E-state index contributed by atoms with van der Waals surface area (Å²) >= 11 is 0. The van der Waals surface area contributed by atoms with Gasteiger partial charge in [-0.3, -0.25) is 9.88 Å². The molecule has 6 nitrogen and oxygen atoms in total. The van der Waals surface area contributed by atoms with Gasteiger partial charge in [0.05, 0.1) is 12.8 Å². The van der Waals surface area contributed by atoms with Crippen LogP contribution in [0.4, 0.5) is 0 Å². The van der Waals surface area contributed by atoms with E-state index in [4.69, 9.17) is 19.5 Å².